The maximum Gasteiger partial charge on any atom is 0.227 e. The minimum Gasteiger partial charge on any atom is -0.394 e. The molecule has 0 atom stereocenters. The van der Waals surface area contributed by atoms with Crippen molar-refractivity contribution in [1.82, 2.24) is 5.32 Å². The Bertz CT molecular complexity index is 202. The summed E-state index contributed by atoms with van der Waals surface area (Å²) in [6.07, 6.45) is 1.43. The van der Waals surface area contributed by atoms with E-state index in [1.165, 1.54) is 0 Å². The van der Waals surface area contributed by atoms with E-state index in [1.807, 2.05) is 13.8 Å². The molecule has 0 aliphatic heterocycles. The van der Waals surface area contributed by atoms with Crippen LogP contribution in [0, 0.1) is 5.41 Å². The van der Waals surface area contributed by atoms with Gasteiger partial charge in [0.25, 0.3) is 0 Å². The fourth-order valence-corrected chi connectivity index (χ4v) is 1.43. The van der Waals surface area contributed by atoms with E-state index in [2.05, 4.69) is 5.32 Å². The average molecular weight is 216 g/mol. The Hall–Kier alpha value is -0.610. The van der Waals surface area contributed by atoms with Gasteiger partial charge in [-0.3, -0.25) is 4.79 Å². The topological polar surface area (TPSA) is 75.4 Å². The Morgan fingerprint density at radius 3 is 2.07 bits per heavy atom. The Kier molecular flexibility index (Phi) is 5.24. The van der Waals surface area contributed by atoms with Crippen molar-refractivity contribution in [3.8, 4) is 0 Å². The summed E-state index contributed by atoms with van der Waals surface area (Å²) in [5.41, 5.74) is 4.59. The fourth-order valence-electron chi connectivity index (χ4n) is 1.43. The van der Waals surface area contributed by atoms with E-state index in [4.69, 9.17) is 10.8 Å². The van der Waals surface area contributed by atoms with Crippen LogP contribution in [0.4, 0.5) is 0 Å². The molecule has 4 heteroatoms. The van der Waals surface area contributed by atoms with Gasteiger partial charge in [0.05, 0.1) is 17.6 Å². The van der Waals surface area contributed by atoms with Gasteiger partial charge in [-0.05, 0) is 26.7 Å². The van der Waals surface area contributed by atoms with E-state index in [-0.39, 0.29) is 12.5 Å². The fraction of sp³-hybridized carbons (Fsp3) is 0.909. The molecule has 0 aromatic rings. The van der Waals surface area contributed by atoms with Crippen LogP contribution in [-0.4, -0.2) is 29.7 Å². The molecule has 4 N–H and O–H groups in total. The monoisotopic (exact) mass is 216 g/mol. The zero-order valence-corrected chi connectivity index (χ0v) is 10.3. The maximum atomic E-state index is 12.0. The van der Waals surface area contributed by atoms with Crippen molar-refractivity contribution in [3.63, 3.8) is 0 Å². The number of amides is 1. The second-order valence-corrected chi connectivity index (χ2v) is 4.69. The van der Waals surface area contributed by atoms with Crippen molar-refractivity contribution in [2.75, 3.05) is 13.2 Å². The van der Waals surface area contributed by atoms with E-state index in [1.54, 1.807) is 13.8 Å². The molecule has 0 bridgehead atoms. The highest BCUT2D eigenvalue weighted by atomic mass is 16.3. The van der Waals surface area contributed by atoms with Gasteiger partial charge in [0.15, 0.2) is 0 Å². The molecule has 0 saturated heterocycles. The summed E-state index contributed by atoms with van der Waals surface area (Å²) in [4.78, 5) is 12.0. The van der Waals surface area contributed by atoms with E-state index in [9.17, 15) is 4.79 Å². The van der Waals surface area contributed by atoms with Crippen molar-refractivity contribution in [2.24, 2.45) is 11.1 Å². The van der Waals surface area contributed by atoms with Crippen molar-refractivity contribution in [1.29, 1.82) is 0 Å². The summed E-state index contributed by atoms with van der Waals surface area (Å²) in [6, 6.07) is 0. The zero-order valence-electron chi connectivity index (χ0n) is 10.3. The third-order valence-electron chi connectivity index (χ3n) is 3.07. The second kappa shape index (κ2) is 5.47. The molecular formula is C11H24N2O2. The number of nitrogens with two attached hydrogens (primary N) is 1. The highest BCUT2D eigenvalue weighted by molar-refractivity contribution is 5.83. The highest BCUT2D eigenvalue weighted by Crippen LogP contribution is 2.25. The quantitative estimate of drug-likeness (QED) is 0.610. The van der Waals surface area contributed by atoms with E-state index in [0.717, 1.165) is 0 Å². The maximum absolute atomic E-state index is 12.0. The number of rotatable bonds is 6. The van der Waals surface area contributed by atoms with Gasteiger partial charge in [-0.2, -0.15) is 0 Å². The number of aliphatic hydroxyl groups is 1. The normalized spacial score (nSPS) is 12.7. The minimum atomic E-state index is -0.582. The molecule has 0 radical (unpaired) electrons. The Morgan fingerprint density at radius 1 is 1.33 bits per heavy atom. The molecule has 0 aliphatic rings. The van der Waals surface area contributed by atoms with Crippen LogP contribution in [0.2, 0.25) is 0 Å². The first-order chi connectivity index (χ1) is 6.87. The molecule has 0 heterocycles. The van der Waals surface area contributed by atoms with Crippen LogP contribution >= 0.6 is 0 Å². The summed E-state index contributed by atoms with van der Waals surface area (Å²) in [7, 11) is 0. The lowest BCUT2D eigenvalue weighted by molar-refractivity contribution is -0.133. The molecule has 4 nitrogen and oxygen atoms in total. The number of hydrogen-bond donors (Lipinski definition) is 3. The van der Waals surface area contributed by atoms with Crippen LogP contribution < -0.4 is 11.1 Å². The standard InChI is InChI=1S/C11H24N2O2/c1-5-11(6-2,7-12)9(15)13-10(3,4)8-14/h14H,5-8,12H2,1-4H3,(H,13,15). The molecule has 15 heavy (non-hydrogen) atoms. The van der Waals surface area contributed by atoms with Crippen LogP contribution in [0.1, 0.15) is 40.5 Å². The minimum absolute atomic E-state index is 0.0611. The predicted octanol–water partition coefficient (Wildman–Crippen LogP) is 0.639. The molecular weight excluding hydrogens is 192 g/mol. The van der Waals surface area contributed by atoms with Crippen LogP contribution in [-0.2, 0) is 4.79 Å². The van der Waals surface area contributed by atoms with Crippen LogP contribution in [0.25, 0.3) is 0 Å². The van der Waals surface area contributed by atoms with Gasteiger partial charge in [0.1, 0.15) is 0 Å². The lowest BCUT2D eigenvalue weighted by atomic mass is 9.81. The van der Waals surface area contributed by atoms with Crippen LogP contribution in [0.3, 0.4) is 0 Å². The van der Waals surface area contributed by atoms with E-state index < -0.39 is 11.0 Å². The SMILES string of the molecule is CCC(CC)(CN)C(=O)NC(C)(C)CO. The third-order valence-corrected chi connectivity index (χ3v) is 3.07. The highest BCUT2D eigenvalue weighted by Gasteiger charge is 2.35. The molecule has 0 rings (SSSR count). The van der Waals surface area contributed by atoms with Crippen molar-refractivity contribution in [3.05, 3.63) is 0 Å². The first-order valence-electron chi connectivity index (χ1n) is 5.51. The Labute approximate surface area is 92.2 Å². The lowest BCUT2D eigenvalue weighted by Crippen LogP contribution is -2.54. The third kappa shape index (κ3) is 3.47. The molecule has 0 spiro atoms. The summed E-state index contributed by atoms with van der Waals surface area (Å²) >= 11 is 0. The average Bonchev–Trinajstić information content (AvgIpc) is 2.21. The number of aliphatic hydroxyl groups excluding tert-OH is 1. The Balaban J connectivity index is 4.67. The smallest absolute Gasteiger partial charge is 0.227 e. The zero-order chi connectivity index (χ0) is 12.1. The summed E-state index contributed by atoms with van der Waals surface area (Å²) in [5, 5.41) is 11.9. The lowest BCUT2D eigenvalue weighted by Gasteiger charge is -2.33. The largest absolute Gasteiger partial charge is 0.394 e. The number of nitrogens with one attached hydrogen (secondary N) is 1. The van der Waals surface area contributed by atoms with Gasteiger partial charge in [-0.1, -0.05) is 13.8 Å². The first-order valence-corrected chi connectivity index (χ1v) is 5.51. The summed E-state index contributed by atoms with van der Waals surface area (Å²) in [6.45, 7) is 7.76. The Morgan fingerprint density at radius 2 is 1.80 bits per heavy atom. The van der Waals surface area contributed by atoms with E-state index >= 15 is 0 Å². The molecule has 1 amide bonds. The molecule has 90 valence electrons. The van der Waals surface area contributed by atoms with Crippen molar-refractivity contribution >= 4 is 5.91 Å². The van der Waals surface area contributed by atoms with Gasteiger partial charge in [-0.15, -0.1) is 0 Å². The first kappa shape index (κ1) is 14.4. The molecule has 0 aromatic heterocycles. The van der Waals surface area contributed by atoms with Gasteiger partial charge < -0.3 is 16.2 Å². The number of hydrogen-bond acceptors (Lipinski definition) is 3. The summed E-state index contributed by atoms with van der Waals surface area (Å²) in [5.74, 6) is -0.0611. The second-order valence-electron chi connectivity index (χ2n) is 4.69. The molecule has 0 aliphatic carbocycles. The van der Waals surface area contributed by atoms with Crippen LogP contribution in [0.15, 0.2) is 0 Å². The predicted molar refractivity (Wildman–Crippen MR) is 61.4 cm³/mol. The van der Waals surface area contributed by atoms with Crippen LogP contribution in [0.5, 0.6) is 0 Å². The van der Waals surface area contributed by atoms with Gasteiger partial charge in [-0.25, -0.2) is 0 Å². The number of carbonyl (C=O) groups excluding carboxylic acids is 1. The van der Waals surface area contributed by atoms with Gasteiger partial charge in [0.2, 0.25) is 5.91 Å². The number of carbonyl (C=O) groups is 1. The van der Waals surface area contributed by atoms with Crippen molar-refractivity contribution < 1.29 is 9.90 Å². The molecule has 0 saturated carbocycles. The van der Waals surface area contributed by atoms with Gasteiger partial charge in [0, 0.05) is 6.54 Å². The summed E-state index contributed by atoms with van der Waals surface area (Å²) < 4.78 is 0. The van der Waals surface area contributed by atoms with Gasteiger partial charge >= 0.3 is 0 Å². The molecule has 0 unspecified atom stereocenters. The molecule has 0 fully saturated rings. The molecule has 0 aromatic carbocycles. The van der Waals surface area contributed by atoms with E-state index in [0.29, 0.717) is 19.4 Å². The van der Waals surface area contributed by atoms with Crippen molar-refractivity contribution in [2.45, 2.75) is 46.1 Å².